The molecule has 3 rings (SSSR count). The van der Waals surface area contributed by atoms with Crippen molar-refractivity contribution in [3.63, 3.8) is 0 Å². The van der Waals surface area contributed by atoms with Gasteiger partial charge in [-0.15, -0.1) is 0 Å². The maximum atomic E-state index is 6.03. The Morgan fingerprint density at radius 1 is 1.24 bits per heavy atom. The smallest absolute Gasteiger partial charge is 0.153 e. The highest BCUT2D eigenvalue weighted by atomic mass is 35.5. The molecule has 0 spiro atoms. The summed E-state index contributed by atoms with van der Waals surface area (Å²) in [4.78, 5) is 6.79. The van der Waals surface area contributed by atoms with Crippen LogP contribution in [0.4, 0.5) is 11.5 Å². The number of aromatic nitrogens is 1. The van der Waals surface area contributed by atoms with E-state index in [0.717, 1.165) is 24.0 Å². The molecule has 2 fully saturated rings. The van der Waals surface area contributed by atoms with E-state index < -0.39 is 0 Å². The monoisotopic (exact) mass is 251 g/mol. The number of hydrogen-bond donors (Lipinski definition) is 1. The number of rotatable bonds is 1. The predicted octanol–water partition coefficient (Wildman–Crippen LogP) is 3.09. The standard InChI is InChI=1S/C13H18ClN3/c14-12-6-5-10(15)13(16-12)17-8-7-9-3-1-2-4-11(9)17/h5-6,9,11H,1-4,7-8,15H2. The molecule has 92 valence electrons. The van der Waals surface area contributed by atoms with Crippen LogP contribution in [0.25, 0.3) is 0 Å². The van der Waals surface area contributed by atoms with E-state index in [4.69, 9.17) is 17.3 Å². The molecule has 2 unspecified atom stereocenters. The van der Waals surface area contributed by atoms with Gasteiger partial charge in [0, 0.05) is 12.6 Å². The molecule has 1 aromatic rings. The average molecular weight is 252 g/mol. The molecule has 2 atom stereocenters. The third-order valence-electron chi connectivity index (χ3n) is 4.15. The Bertz CT molecular complexity index is 421. The maximum absolute atomic E-state index is 6.03. The minimum atomic E-state index is 0.536. The summed E-state index contributed by atoms with van der Waals surface area (Å²) in [5.41, 5.74) is 6.78. The first-order valence-electron chi connectivity index (χ1n) is 6.44. The van der Waals surface area contributed by atoms with Gasteiger partial charge in [0.25, 0.3) is 0 Å². The van der Waals surface area contributed by atoms with Gasteiger partial charge in [0.2, 0.25) is 0 Å². The van der Waals surface area contributed by atoms with Gasteiger partial charge in [-0.3, -0.25) is 0 Å². The number of hydrogen-bond acceptors (Lipinski definition) is 3. The number of fused-ring (bicyclic) bond motifs is 1. The third-order valence-corrected chi connectivity index (χ3v) is 4.36. The van der Waals surface area contributed by atoms with Crippen molar-refractivity contribution >= 4 is 23.1 Å². The summed E-state index contributed by atoms with van der Waals surface area (Å²) in [6.45, 7) is 1.08. The van der Waals surface area contributed by atoms with E-state index in [0.29, 0.717) is 11.2 Å². The Hall–Kier alpha value is -0.960. The Labute approximate surface area is 107 Å². The summed E-state index contributed by atoms with van der Waals surface area (Å²) in [6.07, 6.45) is 6.63. The fourth-order valence-electron chi connectivity index (χ4n) is 3.33. The van der Waals surface area contributed by atoms with Gasteiger partial charge in [-0.25, -0.2) is 4.98 Å². The van der Waals surface area contributed by atoms with Gasteiger partial charge in [0.05, 0.1) is 5.69 Å². The van der Waals surface area contributed by atoms with Crippen LogP contribution < -0.4 is 10.6 Å². The van der Waals surface area contributed by atoms with Crippen molar-refractivity contribution in [1.29, 1.82) is 0 Å². The van der Waals surface area contributed by atoms with Crippen LogP contribution in [0.2, 0.25) is 5.15 Å². The third kappa shape index (κ3) is 1.97. The lowest BCUT2D eigenvalue weighted by molar-refractivity contribution is 0.341. The van der Waals surface area contributed by atoms with Gasteiger partial charge in [0.15, 0.2) is 5.82 Å². The van der Waals surface area contributed by atoms with Crippen molar-refractivity contribution in [3.8, 4) is 0 Å². The molecule has 2 aliphatic rings. The molecular weight excluding hydrogens is 234 g/mol. The molecule has 0 radical (unpaired) electrons. The lowest BCUT2D eigenvalue weighted by atomic mass is 9.85. The molecule has 0 bridgehead atoms. The predicted molar refractivity (Wildman–Crippen MR) is 71.4 cm³/mol. The van der Waals surface area contributed by atoms with Gasteiger partial charge in [-0.1, -0.05) is 24.4 Å². The van der Waals surface area contributed by atoms with E-state index >= 15 is 0 Å². The summed E-state index contributed by atoms with van der Waals surface area (Å²) in [6, 6.07) is 4.26. The van der Waals surface area contributed by atoms with E-state index in [1.807, 2.05) is 6.07 Å². The molecule has 4 heteroatoms. The fraction of sp³-hybridized carbons (Fsp3) is 0.615. The first-order valence-corrected chi connectivity index (χ1v) is 6.82. The molecule has 1 saturated heterocycles. The van der Waals surface area contributed by atoms with Crippen LogP contribution in [0.15, 0.2) is 12.1 Å². The summed E-state index contributed by atoms with van der Waals surface area (Å²) < 4.78 is 0. The van der Waals surface area contributed by atoms with E-state index in [9.17, 15) is 0 Å². The molecule has 1 saturated carbocycles. The summed E-state index contributed by atoms with van der Waals surface area (Å²) >= 11 is 5.98. The molecule has 17 heavy (non-hydrogen) atoms. The van der Waals surface area contributed by atoms with Gasteiger partial charge in [-0.2, -0.15) is 0 Å². The number of nitrogens with two attached hydrogens (primary N) is 1. The highest BCUT2D eigenvalue weighted by Gasteiger charge is 2.36. The number of pyridine rings is 1. The number of halogens is 1. The Morgan fingerprint density at radius 2 is 2.06 bits per heavy atom. The van der Waals surface area contributed by atoms with Crippen molar-refractivity contribution in [2.75, 3.05) is 17.2 Å². The SMILES string of the molecule is Nc1ccc(Cl)nc1N1CCC2CCCCC21. The summed E-state index contributed by atoms with van der Waals surface area (Å²) in [7, 11) is 0. The molecule has 2 heterocycles. The Balaban J connectivity index is 1.91. The zero-order chi connectivity index (χ0) is 11.8. The zero-order valence-corrected chi connectivity index (χ0v) is 10.7. The number of anilines is 2. The van der Waals surface area contributed by atoms with Crippen LogP contribution in [-0.4, -0.2) is 17.6 Å². The van der Waals surface area contributed by atoms with Crippen LogP contribution in [0.5, 0.6) is 0 Å². The molecule has 1 aliphatic heterocycles. The highest BCUT2D eigenvalue weighted by Crippen LogP contribution is 2.39. The Morgan fingerprint density at radius 3 is 2.94 bits per heavy atom. The topological polar surface area (TPSA) is 42.1 Å². The average Bonchev–Trinajstić information content (AvgIpc) is 2.76. The van der Waals surface area contributed by atoms with Crippen LogP contribution in [-0.2, 0) is 0 Å². The maximum Gasteiger partial charge on any atom is 0.153 e. The second kappa shape index (κ2) is 4.37. The molecule has 3 nitrogen and oxygen atoms in total. The van der Waals surface area contributed by atoms with Crippen LogP contribution in [0, 0.1) is 5.92 Å². The van der Waals surface area contributed by atoms with Crippen LogP contribution in [0.3, 0.4) is 0 Å². The largest absolute Gasteiger partial charge is 0.396 e. The van der Waals surface area contributed by atoms with Gasteiger partial charge < -0.3 is 10.6 Å². The van der Waals surface area contributed by atoms with Crippen molar-refractivity contribution in [1.82, 2.24) is 4.98 Å². The second-order valence-corrected chi connectivity index (χ2v) is 5.53. The number of nitrogens with zero attached hydrogens (tertiary/aromatic N) is 2. The van der Waals surface area contributed by atoms with Crippen LogP contribution >= 0.6 is 11.6 Å². The second-order valence-electron chi connectivity index (χ2n) is 5.14. The van der Waals surface area contributed by atoms with Crippen molar-refractivity contribution in [3.05, 3.63) is 17.3 Å². The first kappa shape index (κ1) is 11.1. The van der Waals surface area contributed by atoms with E-state index in [-0.39, 0.29) is 0 Å². The molecule has 0 aromatic carbocycles. The first-order chi connectivity index (χ1) is 8.25. The minimum absolute atomic E-state index is 0.536. The highest BCUT2D eigenvalue weighted by molar-refractivity contribution is 6.29. The lowest BCUT2D eigenvalue weighted by Gasteiger charge is -2.33. The molecule has 2 N–H and O–H groups in total. The molecule has 1 aromatic heterocycles. The van der Waals surface area contributed by atoms with Crippen molar-refractivity contribution < 1.29 is 0 Å². The van der Waals surface area contributed by atoms with E-state index in [2.05, 4.69) is 9.88 Å². The summed E-state index contributed by atoms with van der Waals surface area (Å²) in [5, 5.41) is 0.536. The number of nitrogen functional groups attached to an aromatic ring is 1. The van der Waals surface area contributed by atoms with Crippen LogP contribution in [0.1, 0.15) is 32.1 Å². The normalized spacial score (nSPS) is 28.2. The van der Waals surface area contributed by atoms with Crippen molar-refractivity contribution in [2.45, 2.75) is 38.1 Å². The Kier molecular flexibility index (Phi) is 2.87. The molecule has 0 amide bonds. The van der Waals surface area contributed by atoms with Crippen molar-refractivity contribution in [2.24, 2.45) is 5.92 Å². The lowest BCUT2D eigenvalue weighted by Crippen LogP contribution is -2.35. The zero-order valence-electron chi connectivity index (χ0n) is 9.90. The van der Waals surface area contributed by atoms with E-state index in [1.165, 1.54) is 32.1 Å². The van der Waals surface area contributed by atoms with Gasteiger partial charge >= 0.3 is 0 Å². The molecule has 1 aliphatic carbocycles. The molecular formula is C13H18ClN3. The van der Waals surface area contributed by atoms with Gasteiger partial charge in [-0.05, 0) is 37.3 Å². The minimum Gasteiger partial charge on any atom is -0.396 e. The van der Waals surface area contributed by atoms with Gasteiger partial charge in [0.1, 0.15) is 5.15 Å². The fourth-order valence-corrected chi connectivity index (χ4v) is 3.48. The van der Waals surface area contributed by atoms with E-state index in [1.54, 1.807) is 6.07 Å². The quantitative estimate of drug-likeness (QED) is 0.780. The summed E-state index contributed by atoms with van der Waals surface area (Å²) in [5.74, 6) is 1.73.